The zero-order valence-electron chi connectivity index (χ0n) is 6.05. The summed E-state index contributed by atoms with van der Waals surface area (Å²) < 4.78 is 37.0. The quantitative estimate of drug-likeness (QED) is 0.784. The van der Waals surface area contributed by atoms with E-state index in [-0.39, 0.29) is 23.0 Å². The molecule has 0 aliphatic heterocycles. The lowest BCUT2D eigenvalue weighted by molar-refractivity contribution is 0.0691. The first-order valence-corrected chi connectivity index (χ1v) is 2.90. The summed E-state index contributed by atoms with van der Waals surface area (Å²) in [5, 5.41) is 8.25. The van der Waals surface area contributed by atoms with Crippen molar-refractivity contribution in [2.75, 3.05) is 0 Å². The normalized spacial score (nSPS) is 9.15. The summed E-state index contributed by atoms with van der Waals surface area (Å²) in [5.41, 5.74) is -0.881. The molecule has 2 nitrogen and oxygen atoms in total. The van der Waals surface area contributed by atoms with Crippen molar-refractivity contribution in [2.24, 2.45) is 0 Å². The van der Waals surface area contributed by atoms with Gasteiger partial charge in [-0.05, 0) is 6.07 Å². The van der Waals surface area contributed by atoms with Crippen LogP contribution in [0, 0.1) is 17.5 Å². The Morgan fingerprint density at radius 2 is 1.54 bits per heavy atom. The molecule has 0 bridgehead atoms. The highest BCUT2D eigenvalue weighted by Gasteiger charge is 2.14. The highest BCUT2D eigenvalue weighted by Crippen LogP contribution is 2.13. The highest BCUT2D eigenvalue weighted by molar-refractivity contribution is 8.93. The number of halogens is 4. The fourth-order valence-corrected chi connectivity index (χ4v) is 0.686. The summed E-state index contributed by atoms with van der Waals surface area (Å²) in [5.74, 6) is -5.71. The molecule has 6 heteroatoms. The molecule has 0 unspecified atom stereocenters. The van der Waals surface area contributed by atoms with Crippen LogP contribution in [-0.2, 0) is 0 Å². The summed E-state index contributed by atoms with van der Waals surface area (Å²) >= 11 is 0. The molecule has 0 atom stereocenters. The number of carboxylic acids is 1. The van der Waals surface area contributed by atoms with Gasteiger partial charge in [-0.2, -0.15) is 0 Å². The molecule has 0 radical (unpaired) electrons. The second-order valence-electron chi connectivity index (χ2n) is 2.05. The van der Waals surface area contributed by atoms with Crippen LogP contribution in [0.2, 0.25) is 0 Å². The van der Waals surface area contributed by atoms with Gasteiger partial charge in [0.1, 0.15) is 5.82 Å². The summed E-state index contributed by atoms with van der Waals surface area (Å²) in [6, 6.07) is 0.492. The number of hydrogen-bond donors (Lipinski definition) is 1. The first kappa shape index (κ1) is 12.0. The minimum atomic E-state index is -1.63. The molecule has 0 spiro atoms. The van der Waals surface area contributed by atoms with E-state index in [9.17, 15) is 18.0 Å². The average molecular weight is 257 g/mol. The minimum absolute atomic E-state index is 0. The Morgan fingerprint density at radius 3 is 2.00 bits per heavy atom. The lowest BCUT2D eigenvalue weighted by atomic mass is 10.2. The van der Waals surface area contributed by atoms with Crippen molar-refractivity contribution >= 4 is 23.0 Å². The maximum Gasteiger partial charge on any atom is 0.338 e. The van der Waals surface area contributed by atoms with Gasteiger partial charge < -0.3 is 5.11 Å². The molecule has 0 heterocycles. The van der Waals surface area contributed by atoms with Crippen LogP contribution >= 0.6 is 17.0 Å². The van der Waals surface area contributed by atoms with Gasteiger partial charge in [0.05, 0.1) is 5.56 Å². The predicted octanol–water partition coefficient (Wildman–Crippen LogP) is 2.38. The first-order chi connectivity index (χ1) is 5.52. The SMILES string of the molecule is Br.O=C(O)c1cc(F)c(F)cc1F. The van der Waals surface area contributed by atoms with E-state index >= 15 is 0 Å². The molecule has 0 saturated carbocycles. The van der Waals surface area contributed by atoms with Crippen LogP contribution < -0.4 is 0 Å². The Kier molecular flexibility index (Phi) is 3.93. The van der Waals surface area contributed by atoms with E-state index in [4.69, 9.17) is 5.11 Å². The molecule has 0 fully saturated rings. The lowest BCUT2D eigenvalue weighted by Gasteiger charge is -1.97. The number of hydrogen-bond acceptors (Lipinski definition) is 1. The van der Waals surface area contributed by atoms with Crippen LogP contribution in [0.25, 0.3) is 0 Å². The van der Waals surface area contributed by atoms with E-state index in [1.807, 2.05) is 0 Å². The van der Waals surface area contributed by atoms with E-state index in [0.29, 0.717) is 6.07 Å². The molecule has 0 saturated heterocycles. The van der Waals surface area contributed by atoms with Crippen LogP contribution in [0.3, 0.4) is 0 Å². The summed E-state index contributed by atoms with van der Waals surface area (Å²) in [4.78, 5) is 10.2. The van der Waals surface area contributed by atoms with Crippen LogP contribution in [0.15, 0.2) is 12.1 Å². The summed E-state index contributed by atoms with van der Waals surface area (Å²) in [6.07, 6.45) is 0. The number of carbonyl (C=O) groups is 1. The fourth-order valence-electron chi connectivity index (χ4n) is 0.686. The monoisotopic (exact) mass is 256 g/mol. The van der Waals surface area contributed by atoms with Crippen molar-refractivity contribution in [3.05, 3.63) is 35.1 Å². The third-order valence-corrected chi connectivity index (χ3v) is 1.24. The molecule has 1 aromatic rings. The van der Waals surface area contributed by atoms with Crippen molar-refractivity contribution in [2.45, 2.75) is 0 Å². The second kappa shape index (κ2) is 4.27. The molecule has 0 aromatic heterocycles. The van der Waals surface area contributed by atoms with Gasteiger partial charge in [0.15, 0.2) is 11.6 Å². The van der Waals surface area contributed by atoms with Crippen LogP contribution in [0.4, 0.5) is 13.2 Å². The molecular formula is C7H4BrF3O2. The zero-order valence-corrected chi connectivity index (χ0v) is 7.77. The van der Waals surface area contributed by atoms with E-state index in [2.05, 4.69) is 0 Å². The topological polar surface area (TPSA) is 37.3 Å². The van der Waals surface area contributed by atoms with Gasteiger partial charge >= 0.3 is 5.97 Å². The molecule has 1 N–H and O–H groups in total. The Bertz CT molecular complexity index is 341. The molecule has 13 heavy (non-hydrogen) atoms. The molecule has 72 valence electrons. The van der Waals surface area contributed by atoms with Crippen LogP contribution in [0.1, 0.15) is 10.4 Å². The van der Waals surface area contributed by atoms with Gasteiger partial charge in [-0.15, -0.1) is 17.0 Å². The van der Waals surface area contributed by atoms with Crippen molar-refractivity contribution < 1.29 is 23.1 Å². The molecule has 0 aliphatic rings. The largest absolute Gasteiger partial charge is 0.478 e. The third kappa shape index (κ3) is 2.45. The van der Waals surface area contributed by atoms with Crippen molar-refractivity contribution in [1.29, 1.82) is 0 Å². The lowest BCUT2D eigenvalue weighted by Crippen LogP contribution is -2.02. The van der Waals surface area contributed by atoms with Gasteiger partial charge in [0.2, 0.25) is 0 Å². The van der Waals surface area contributed by atoms with Gasteiger partial charge in [-0.3, -0.25) is 0 Å². The number of benzene rings is 1. The smallest absolute Gasteiger partial charge is 0.338 e. The highest BCUT2D eigenvalue weighted by atomic mass is 79.9. The van der Waals surface area contributed by atoms with E-state index in [1.165, 1.54) is 0 Å². The second-order valence-corrected chi connectivity index (χ2v) is 2.05. The van der Waals surface area contributed by atoms with Gasteiger partial charge in [0.25, 0.3) is 0 Å². The minimum Gasteiger partial charge on any atom is -0.478 e. The molecule has 0 aliphatic carbocycles. The average Bonchev–Trinajstić information content (AvgIpc) is 1.96. The summed E-state index contributed by atoms with van der Waals surface area (Å²) in [7, 11) is 0. The van der Waals surface area contributed by atoms with Gasteiger partial charge in [-0.25, -0.2) is 18.0 Å². The molecule has 1 aromatic carbocycles. The fraction of sp³-hybridized carbons (Fsp3) is 0. The first-order valence-electron chi connectivity index (χ1n) is 2.90. The number of rotatable bonds is 1. The van der Waals surface area contributed by atoms with Crippen LogP contribution in [-0.4, -0.2) is 11.1 Å². The third-order valence-electron chi connectivity index (χ3n) is 1.24. The summed E-state index contributed by atoms with van der Waals surface area (Å²) in [6.45, 7) is 0. The van der Waals surface area contributed by atoms with E-state index in [0.717, 1.165) is 0 Å². The zero-order chi connectivity index (χ0) is 9.30. The Labute approximate surface area is 81.8 Å². The molecular weight excluding hydrogens is 253 g/mol. The van der Waals surface area contributed by atoms with Crippen molar-refractivity contribution in [1.82, 2.24) is 0 Å². The molecule has 0 amide bonds. The predicted molar refractivity (Wildman–Crippen MR) is 43.6 cm³/mol. The standard InChI is InChI=1S/C7H3F3O2.BrH/c8-4-2-6(10)5(9)1-3(4)7(11)12;/h1-2H,(H,11,12);1H. The Morgan fingerprint density at radius 1 is 1.08 bits per heavy atom. The molecule has 1 rings (SSSR count). The number of carboxylic acid groups (broad SMARTS) is 1. The van der Waals surface area contributed by atoms with Gasteiger partial charge in [0, 0.05) is 6.07 Å². The van der Waals surface area contributed by atoms with Crippen molar-refractivity contribution in [3.63, 3.8) is 0 Å². The van der Waals surface area contributed by atoms with Crippen molar-refractivity contribution in [3.8, 4) is 0 Å². The Hall–Kier alpha value is -1.04. The van der Waals surface area contributed by atoms with Gasteiger partial charge in [-0.1, -0.05) is 0 Å². The number of aromatic carboxylic acids is 1. The maximum absolute atomic E-state index is 12.5. The van der Waals surface area contributed by atoms with E-state index in [1.54, 1.807) is 0 Å². The Balaban J connectivity index is 0.00000144. The maximum atomic E-state index is 12.5. The van der Waals surface area contributed by atoms with E-state index < -0.39 is 29.0 Å². The van der Waals surface area contributed by atoms with Crippen LogP contribution in [0.5, 0.6) is 0 Å².